The van der Waals surface area contributed by atoms with Crippen LogP contribution in [0.25, 0.3) is 22.2 Å². The molecule has 1 atom stereocenters. The number of ether oxygens (including phenoxy) is 1. The minimum Gasteiger partial charge on any atom is -0.493 e. The maximum atomic E-state index is 13.5. The van der Waals surface area contributed by atoms with Crippen LogP contribution in [0.2, 0.25) is 5.02 Å². The van der Waals surface area contributed by atoms with E-state index in [4.69, 9.17) is 21.3 Å². The van der Waals surface area contributed by atoms with E-state index in [1.54, 1.807) is 0 Å². The van der Waals surface area contributed by atoms with Crippen LogP contribution in [-0.2, 0) is 0 Å². The number of carbonyl (C=O) groups excluding carboxylic acids is 1. The number of aromatic nitrogens is 1. The van der Waals surface area contributed by atoms with Gasteiger partial charge in [-0.2, -0.15) is 0 Å². The highest BCUT2D eigenvalue weighted by Gasteiger charge is 2.28. The van der Waals surface area contributed by atoms with E-state index in [1.165, 1.54) is 11.3 Å². The summed E-state index contributed by atoms with van der Waals surface area (Å²) >= 11 is 6.20. The molecular weight excluding hydrogens is 470 g/mol. The molecule has 0 radical (unpaired) electrons. The molecule has 0 saturated carbocycles. The van der Waals surface area contributed by atoms with Gasteiger partial charge in [-0.05, 0) is 68.8 Å². The fourth-order valence-corrected chi connectivity index (χ4v) is 5.10. The highest BCUT2D eigenvalue weighted by molar-refractivity contribution is 6.30. The number of carbonyl (C=O) groups is 1. The van der Waals surface area contributed by atoms with Crippen molar-refractivity contribution in [1.82, 2.24) is 9.88 Å². The number of piperazine rings is 1. The lowest BCUT2D eigenvalue weighted by Gasteiger charge is -2.41. The molecule has 6 heteroatoms. The first kappa shape index (κ1) is 24.1. The summed E-state index contributed by atoms with van der Waals surface area (Å²) in [6.45, 7) is 8.92. The topological polar surface area (TPSA) is 45.7 Å². The molecule has 1 aliphatic heterocycles. The Hall–Kier alpha value is -3.57. The van der Waals surface area contributed by atoms with E-state index in [0.717, 1.165) is 28.7 Å². The molecule has 3 aromatic carbocycles. The van der Waals surface area contributed by atoms with E-state index in [2.05, 4.69) is 43.0 Å². The predicted molar refractivity (Wildman–Crippen MR) is 147 cm³/mol. The van der Waals surface area contributed by atoms with Crippen molar-refractivity contribution in [2.24, 2.45) is 0 Å². The smallest absolute Gasteiger partial charge is 0.254 e. The largest absolute Gasteiger partial charge is 0.493 e. The number of pyridine rings is 1. The number of aryl methyl sites for hydroxylation is 1. The monoisotopic (exact) mass is 499 g/mol. The Balaban J connectivity index is 1.41. The van der Waals surface area contributed by atoms with Crippen molar-refractivity contribution in [3.05, 3.63) is 88.9 Å². The lowest BCUT2D eigenvalue weighted by molar-refractivity contribution is 0.0726. The van der Waals surface area contributed by atoms with Crippen molar-refractivity contribution in [2.45, 2.75) is 26.8 Å². The van der Waals surface area contributed by atoms with Crippen LogP contribution in [-0.4, -0.2) is 48.1 Å². The summed E-state index contributed by atoms with van der Waals surface area (Å²) in [6, 6.07) is 24.0. The average Bonchev–Trinajstić information content (AvgIpc) is 2.88. The van der Waals surface area contributed by atoms with Crippen LogP contribution < -0.4 is 9.64 Å². The Kier molecular flexibility index (Phi) is 6.84. The number of rotatable bonds is 5. The highest BCUT2D eigenvalue weighted by Crippen LogP contribution is 2.32. The predicted octanol–water partition coefficient (Wildman–Crippen LogP) is 6.61. The highest BCUT2D eigenvalue weighted by atomic mass is 35.5. The van der Waals surface area contributed by atoms with E-state index in [0.29, 0.717) is 36.0 Å². The Morgan fingerprint density at radius 1 is 1.06 bits per heavy atom. The number of benzene rings is 3. The lowest BCUT2D eigenvalue weighted by atomic mass is 10.0. The summed E-state index contributed by atoms with van der Waals surface area (Å²) in [5.74, 6) is 0.749. The van der Waals surface area contributed by atoms with Gasteiger partial charge in [0.1, 0.15) is 5.75 Å². The molecule has 0 unspecified atom stereocenters. The minimum atomic E-state index is 0.0361. The van der Waals surface area contributed by atoms with Crippen LogP contribution >= 0.6 is 11.6 Å². The van der Waals surface area contributed by atoms with E-state index < -0.39 is 0 Å². The van der Waals surface area contributed by atoms with E-state index in [1.807, 2.05) is 60.4 Å². The lowest BCUT2D eigenvalue weighted by Crippen LogP contribution is -2.53. The number of anilines is 1. The molecule has 1 saturated heterocycles. The molecule has 1 fully saturated rings. The second-order valence-corrected chi connectivity index (χ2v) is 9.75. The second-order valence-electron chi connectivity index (χ2n) is 9.31. The Labute approximate surface area is 217 Å². The first-order chi connectivity index (χ1) is 17.4. The summed E-state index contributed by atoms with van der Waals surface area (Å²) in [7, 11) is 0. The van der Waals surface area contributed by atoms with E-state index in [-0.39, 0.29) is 11.9 Å². The number of nitrogens with zero attached hydrogens (tertiary/aromatic N) is 3. The number of halogens is 1. The third kappa shape index (κ3) is 4.89. The number of amides is 1. The molecule has 0 spiro atoms. The van der Waals surface area contributed by atoms with Crippen LogP contribution in [0.5, 0.6) is 5.75 Å². The number of hydrogen-bond acceptors (Lipinski definition) is 4. The standard InChI is InChI=1S/C30H30ClN3O2/c1-4-36-29-18-28(22-8-6-9-24(31)16-22)32-27-12-11-23(17-26(27)29)30(35)33-13-14-34(21(3)19-33)25-10-5-7-20(2)15-25/h5-12,15-18,21H,4,13-14,19H2,1-3H3/t21-/m0/s1. The van der Waals surface area contributed by atoms with E-state index in [9.17, 15) is 4.79 Å². The summed E-state index contributed by atoms with van der Waals surface area (Å²) in [4.78, 5) is 22.7. The summed E-state index contributed by atoms with van der Waals surface area (Å²) in [5.41, 5.74) is 5.59. The first-order valence-corrected chi connectivity index (χ1v) is 12.8. The molecule has 1 amide bonds. The molecule has 0 aliphatic carbocycles. The van der Waals surface area contributed by atoms with Crippen LogP contribution in [0.4, 0.5) is 5.69 Å². The fraction of sp³-hybridized carbons (Fsp3) is 0.267. The Morgan fingerprint density at radius 3 is 2.64 bits per heavy atom. The zero-order chi connectivity index (χ0) is 25.2. The Bertz CT molecular complexity index is 1420. The van der Waals surface area contributed by atoms with Gasteiger partial charge in [0, 0.05) is 59.0 Å². The molecular formula is C30H30ClN3O2. The number of fused-ring (bicyclic) bond motifs is 1. The zero-order valence-electron chi connectivity index (χ0n) is 20.9. The van der Waals surface area contributed by atoms with Crippen molar-refractivity contribution >= 4 is 34.1 Å². The quantitative estimate of drug-likeness (QED) is 0.310. The molecule has 1 aromatic heterocycles. The van der Waals surface area contributed by atoms with Crippen molar-refractivity contribution in [1.29, 1.82) is 0 Å². The van der Waals surface area contributed by atoms with Gasteiger partial charge in [-0.25, -0.2) is 4.98 Å². The van der Waals surface area contributed by atoms with Crippen LogP contribution in [0.3, 0.4) is 0 Å². The van der Waals surface area contributed by atoms with Gasteiger partial charge >= 0.3 is 0 Å². The van der Waals surface area contributed by atoms with Crippen LogP contribution in [0, 0.1) is 6.92 Å². The van der Waals surface area contributed by atoms with Gasteiger partial charge < -0.3 is 14.5 Å². The van der Waals surface area contributed by atoms with Gasteiger partial charge in [-0.3, -0.25) is 4.79 Å². The fourth-order valence-electron chi connectivity index (χ4n) is 4.91. The molecule has 5 rings (SSSR count). The van der Waals surface area contributed by atoms with Gasteiger partial charge in [-0.1, -0.05) is 35.9 Å². The third-order valence-corrected chi connectivity index (χ3v) is 6.92. The normalized spacial score (nSPS) is 15.8. The van der Waals surface area contributed by atoms with Gasteiger partial charge in [-0.15, -0.1) is 0 Å². The minimum absolute atomic E-state index is 0.0361. The summed E-state index contributed by atoms with van der Waals surface area (Å²) in [6.07, 6.45) is 0. The molecule has 4 aromatic rings. The van der Waals surface area contributed by atoms with Gasteiger partial charge in [0.15, 0.2) is 0 Å². The second kappa shape index (κ2) is 10.2. The SMILES string of the molecule is CCOc1cc(-c2cccc(Cl)c2)nc2ccc(C(=O)N3CCN(c4cccc(C)c4)[C@@H](C)C3)cc12. The number of hydrogen-bond donors (Lipinski definition) is 0. The molecule has 0 N–H and O–H groups in total. The maximum absolute atomic E-state index is 13.5. The molecule has 2 heterocycles. The van der Waals surface area contributed by atoms with Gasteiger partial charge in [0.05, 0.1) is 17.8 Å². The first-order valence-electron chi connectivity index (χ1n) is 12.4. The molecule has 1 aliphatic rings. The molecule has 36 heavy (non-hydrogen) atoms. The molecule has 0 bridgehead atoms. The van der Waals surface area contributed by atoms with Gasteiger partial charge in [0.2, 0.25) is 0 Å². The maximum Gasteiger partial charge on any atom is 0.254 e. The van der Waals surface area contributed by atoms with Crippen molar-refractivity contribution in [3.8, 4) is 17.0 Å². The zero-order valence-corrected chi connectivity index (χ0v) is 21.6. The van der Waals surface area contributed by atoms with Crippen LogP contribution in [0.1, 0.15) is 29.8 Å². The average molecular weight is 500 g/mol. The van der Waals surface area contributed by atoms with Crippen molar-refractivity contribution in [2.75, 3.05) is 31.1 Å². The van der Waals surface area contributed by atoms with Gasteiger partial charge in [0.25, 0.3) is 5.91 Å². The van der Waals surface area contributed by atoms with Crippen LogP contribution in [0.15, 0.2) is 72.8 Å². The molecule has 5 nitrogen and oxygen atoms in total. The summed E-state index contributed by atoms with van der Waals surface area (Å²) in [5, 5.41) is 1.49. The van der Waals surface area contributed by atoms with Crippen molar-refractivity contribution < 1.29 is 9.53 Å². The third-order valence-electron chi connectivity index (χ3n) is 6.69. The van der Waals surface area contributed by atoms with E-state index >= 15 is 0 Å². The van der Waals surface area contributed by atoms with Crippen molar-refractivity contribution in [3.63, 3.8) is 0 Å². The Morgan fingerprint density at radius 2 is 1.89 bits per heavy atom. The molecule has 184 valence electrons. The summed E-state index contributed by atoms with van der Waals surface area (Å²) < 4.78 is 5.98.